The molecule has 0 aromatic rings. The average molecular weight is 282 g/mol. The maximum atomic E-state index is 13.0. The zero-order valence-corrected chi connectivity index (χ0v) is 14.0. The SMILES string of the molecule is CC(N(C)C(=O)C1(N)C2CCOC2C1(C)C)C(C)(C)C. The summed E-state index contributed by atoms with van der Waals surface area (Å²) in [5.41, 5.74) is 5.58. The maximum Gasteiger partial charge on any atom is 0.243 e. The Kier molecular flexibility index (Phi) is 3.50. The number of hydrogen-bond acceptors (Lipinski definition) is 3. The molecule has 1 amide bonds. The van der Waals surface area contributed by atoms with Crippen molar-refractivity contribution in [3.8, 4) is 0 Å². The minimum absolute atomic E-state index is 0.0419. The van der Waals surface area contributed by atoms with Crippen molar-refractivity contribution in [1.82, 2.24) is 4.90 Å². The van der Waals surface area contributed by atoms with Crippen LogP contribution in [0.25, 0.3) is 0 Å². The van der Waals surface area contributed by atoms with Crippen LogP contribution in [0.15, 0.2) is 0 Å². The van der Waals surface area contributed by atoms with Crippen LogP contribution in [-0.2, 0) is 9.53 Å². The van der Waals surface area contributed by atoms with Crippen molar-refractivity contribution in [3.63, 3.8) is 0 Å². The molecule has 1 heterocycles. The second-order valence-electron chi connectivity index (χ2n) is 8.24. The molecule has 0 spiro atoms. The highest BCUT2D eigenvalue weighted by molar-refractivity contribution is 5.89. The second kappa shape index (κ2) is 4.44. The van der Waals surface area contributed by atoms with E-state index in [1.54, 1.807) is 0 Å². The maximum absolute atomic E-state index is 13.0. The monoisotopic (exact) mass is 282 g/mol. The highest BCUT2D eigenvalue weighted by Gasteiger charge is 2.72. The first-order valence-corrected chi connectivity index (χ1v) is 7.63. The number of nitrogens with zero attached hydrogens (tertiary/aromatic N) is 1. The van der Waals surface area contributed by atoms with E-state index in [0.29, 0.717) is 0 Å². The molecule has 0 aromatic heterocycles. The van der Waals surface area contributed by atoms with Crippen LogP contribution in [0, 0.1) is 16.7 Å². The fraction of sp³-hybridized carbons (Fsp3) is 0.938. The quantitative estimate of drug-likeness (QED) is 0.843. The van der Waals surface area contributed by atoms with Crippen molar-refractivity contribution in [1.29, 1.82) is 0 Å². The van der Waals surface area contributed by atoms with E-state index in [1.807, 2.05) is 11.9 Å². The summed E-state index contributed by atoms with van der Waals surface area (Å²) in [7, 11) is 1.88. The van der Waals surface area contributed by atoms with Crippen LogP contribution < -0.4 is 5.73 Å². The van der Waals surface area contributed by atoms with Gasteiger partial charge in [0.25, 0.3) is 0 Å². The summed E-state index contributed by atoms with van der Waals surface area (Å²) in [6.07, 6.45) is 1.03. The van der Waals surface area contributed by atoms with Gasteiger partial charge in [-0.2, -0.15) is 0 Å². The Morgan fingerprint density at radius 1 is 1.40 bits per heavy atom. The lowest BCUT2D eigenvalue weighted by atomic mass is 9.47. The number of rotatable bonds is 2. The van der Waals surface area contributed by atoms with E-state index in [2.05, 4.69) is 41.5 Å². The summed E-state index contributed by atoms with van der Waals surface area (Å²) >= 11 is 0. The zero-order valence-electron chi connectivity index (χ0n) is 14.0. The van der Waals surface area contributed by atoms with E-state index >= 15 is 0 Å². The molecule has 1 aliphatic heterocycles. The third-order valence-electron chi connectivity index (χ3n) is 5.96. The van der Waals surface area contributed by atoms with Gasteiger partial charge in [0.1, 0.15) is 5.54 Å². The van der Waals surface area contributed by atoms with E-state index in [9.17, 15) is 4.79 Å². The van der Waals surface area contributed by atoms with Gasteiger partial charge < -0.3 is 15.4 Å². The summed E-state index contributed by atoms with van der Waals surface area (Å²) in [5.74, 6) is 0.233. The Morgan fingerprint density at radius 3 is 2.45 bits per heavy atom. The van der Waals surface area contributed by atoms with Crippen molar-refractivity contribution in [2.24, 2.45) is 22.5 Å². The molecule has 1 aliphatic carbocycles. The van der Waals surface area contributed by atoms with Gasteiger partial charge in [0.05, 0.1) is 6.10 Å². The van der Waals surface area contributed by atoms with Crippen molar-refractivity contribution in [2.45, 2.75) is 65.6 Å². The van der Waals surface area contributed by atoms with Gasteiger partial charge >= 0.3 is 0 Å². The van der Waals surface area contributed by atoms with E-state index in [1.165, 1.54) is 0 Å². The van der Waals surface area contributed by atoms with Gasteiger partial charge in [0, 0.05) is 31.0 Å². The first-order valence-electron chi connectivity index (χ1n) is 7.63. The molecule has 0 radical (unpaired) electrons. The minimum atomic E-state index is -0.789. The predicted octanol–water partition coefficient (Wildman–Crippen LogP) is 2.02. The number of fused-ring (bicyclic) bond motifs is 1. The number of nitrogens with two attached hydrogens (primary N) is 1. The topological polar surface area (TPSA) is 55.6 Å². The van der Waals surface area contributed by atoms with E-state index < -0.39 is 5.54 Å². The summed E-state index contributed by atoms with van der Waals surface area (Å²) in [6.45, 7) is 13.4. The summed E-state index contributed by atoms with van der Waals surface area (Å²) < 4.78 is 5.77. The van der Waals surface area contributed by atoms with Crippen LogP contribution in [0.1, 0.15) is 48.0 Å². The normalized spacial score (nSPS) is 37.0. The standard InChI is InChI=1S/C16H30N2O2/c1-10(14(2,3)4)18(7)13(19)16(17)11-8-9-20-12(11)15(16,5)6/h10-12H,8-9,17H2,1-7H3. The van der Waals surface area contributed by atoms with Gasteiger partial charge in [-0.3, -0.25) is 4.79 Å². The van der Waals surface area contributed by atoms with Crippen LogP contribution in [-0.4, -0.2) is 42.1 Å². The molecule has 2 rings (SSSR count). The van der Waals surface area contributed by atoms with Crippen molar-refractivity contribution in [3.05, 3.63) is 0 Å². The van der Waals surface area contributed by atoms with Gasteiger partial charge in [0.2, 0.25) is 5.91 Å². The molecule has 0 aromatic carbocycles. The molecule has 0 bridgehead atoms. The lowest BCUT2D eigenvalue weighted by molar-refractivity contribution is -0.186. The predicted molar refractivity (Wildman–Crippen MR) is 80.2 cm³/mol. The molecular formula is C16H30N2O2. The zero-order chi connectivity index (χ0) is 15.5. The first-order chi connectivity index (χ1) is 8.95. The van der Waals surface area contributed by atoms with Gasteiger partial charge in [-0.1, -0.05) is 34.6 Å². The van der Waals surface area contributed by atoms with Gasteiger partial charge in [-0.15, -0.1) is 0 Å². The third-order valence-corrected chi connectivity index (χ3v) is 5.96. The highest BCUT2D eigenvalue weighted by atomic mass is 16.5. The number of amides is 1. The van der Waals surface area contributed by atoms with E-state index in [-0.39, 0.29) is 34.8 Å². The molecule has 2 fully saturated rings. The van der Waals surface area contributed by atoms with E-state index in [4.69, 9.17) is 10.5 Å². The van der Waals surface area contributed by atoms with Crippen LogP contribution in [0.4, 0.5) is 0 Å². The van der Waals surface area contributed by atoms with Gasteiger partial charge in [0.15, 0.2) is 0 Å². The highest BCUT2D eigenvalue weighted by Crippen LogP contribution is 2.58. The molecule has 116 valence electrons. The summed E-state index contributed by atoms with van der Waals surface area (Å²) in [4.78, 5) is 14.9. The van der Waals surface area contributed by atoms with Crippen LogP contribution >= 0.6 is 0 Å². The number of likely N-dealkylation sites (N-methyl/N-ethyl adjacent to an activating group) is 1. The Hall–Kier alpha value is -0.610. The number of carbonyl (C=O) groups excluding carboxylic acids is 1. The number of carbonyl (C=O) groups is 1. The molecule has 4 nitrogen and oxygen atoms in total. The third kappa shape index (κ3) is 1.84. The van der Waals surface area contributed by atoms with Crippen LogP contribution in [0.3, 0.4) is 0 Å². The molecule has 4 atom stereocenters. The lowest BCUT2D eigenvalue weighted by Crippen LogP contribution is -2.80. The van der Waals surface area contributed by atoms with E-state index in [0.717, 1.165) is 13.0 Å². The second-order valence-corrected chi connectivity index (χ2v) is 8.24. The Balaban J connectivity index is 2.24. The van der Waals surface area contributed by atoms with Crippen LogP contribution in [0.5, 0.6) is 0 Å². The lowest BCUT2D eigenvalue weighted by Gasteiger charge is -2.62. The molecule has 4 unspecified atom stereocenters. The summed E-state index contributed by atoms with van der Waals surface area (Å²) in [6, 6.07) is 0.146. The minimum Gasteiger partial charge on any atom is -0.377 e. The Labute approximate surface area is 123 Å². The number of ether oxygens (including phenoxy) is 1. The molecule has 4 heteroatoms. The molecule has 2 aliphatic rings. The molecule has 1 saturated carbocycles. The fourth-order valence-electron chi connectivity index (χ4n) is 3.87. The molecule has 1 saturated heterocycles. The Morgan fingerprint density at radius 2 is 1.95 bits per heavy atom. The average Bonchev–Trinajstić information content (AvgIpc) is 2.81. The van der Waals surface area contributed by atoms with Crippen molar-refractivity contribution in [2.75, 3.05) is 13.7 Å². The molecular weight excluding hydrogens is 252 g/mol. The molecule has 20 heavy (non-hydrogen) atoms. The largest absolute Gasteiger partial charge is 0.377 e. The first kappa shape index (κ1) is 15.8. The summed E-state index contributed by atoms with van der Waals surface area (Å²) in [5, 5.41) is 0. The van der Waals surface area contributed by atoms with Crippen molar-refractivity contribution >= 4 is 5.91 Å². The Bertz CT molecular complexity index is 413. The number of hydrogen-bond donors (Lipinski definition) is 1. The van der Waals surface area contributed by atoms with Gasteiger partial charge in [-0.05, 0) is 18.8 Å². The van der Waals surface area contributed by atoms with Gasteiger partial charge in [-0.25, -0.2) is 0 Å². The van der Waals surface area contributed by atoms with Crippen molar-refractivity contribution < 1.29 is 9.53 Å². The molecule has 2 N–H and O–H groups in total. The fourth-order valence-corrected chi connectivity index (χ4v) is 3.87. The smallest absolute Gasteiger partial charge is 0.243 e. The van der Waals surface area contributed by atoms with Crippen LogP contribution in [0.2, 0.25) is 0 Å².